The van der Waals surface area contributed by atoms with Gasteiger partial charge in [0.2, 0.25) is 5.91 Å². The lowest BCUT2D eigenvalue weighted by atomic mass is 10.1. The molecule has 1 amide bonds. The number of benzene rings is 1. The lowest BCUT2D eigenvalue weighted by Gasteiger charge is -2.35. The van der Waals surface area contributed by atoms with Crippen LogP contribution in [0.2, 0.25) is 0 Å². The van der Waals surface area contributed by atoms with Crippen molar-refractivity contribution in [2.24, 2.45) is 0 Å². The molecule has 4 rings (SSSR count). The van der Waals surface area contributed by atoms with Gasteiger partial charge in [0.05, 0.1) is 24.3 Å². The Bertz CT molecular complexity index is 1040. The van der Waals surface area contributed by atoms with Crippen molar-refractivity contribution < 1.29 is 9.53 Å². The minimum atomic E-state index is 0.148. The number of anilines is 1. The number of ether oxygens (including phenoxy) is 1. The minimum absolute atomic E-state index is 0.148. The van der Waals surface area contributed by atoms with Gasteiger partial charge in [0, 0.05) is 56.9 Å². The summed E-state index contributed by atoms with van der Waals surface area (Å²) in [6, 6.07) is 14.3. The fraction of sp³-hybridized carbons (Fsp3) is 0.462. The summed E-state index contributed by atoms with van der Waals surface area (Å²) in [7, 11) is 3.87. The maximum atomic E-state index is 13.4. The van der Waals surface area contributed by atoms with E-state index in [2.05, 4.69) is 40.6 Å². The van der Waals surface area contributed by atoms with Gasteiger partial charge in [0.1, 0.15) is 5.82 Å². The number of thiophene rings is 1. The van der Waals surface area contributed by atoms with Crippen LogP contribution >= 0.6 is 11.3 Å². The second-order valence-electron chi connectivity index (χ2n) is 8.84. The van der Waals surface area contributed by atoms with E-state index in [0.717, 1.165) is 60.2 Å². The van der Waals surface area contributed by atoms with E-state index in [1.807, 2.05) is 40.6 Å². The van der Waals surface area contributed by atoms with E-state index >= 15 is 0 Å². The predicted molar refractivity (Wildman–Crippen MR) is 138 cm³/mol. The highest BCUT2D eigenvalue weighted by Gasteiger charge is 2.27. The van der Waals surface area contributed by atoms with Crippen molar-refractivity contribution in [3.63, 3.8) is 0 Å². The third kappa shape index (κ3) is 5.87. The summed E-state index contributed by atoms with van der Waals surface area (Å²) in [4.78, 5) is 21.2. The molecule has 8 heteroatoms. The van der Waals surface area contributed by atoms with Gasteiger partial charge in [0.25, 0.3) is 0 Å². The molecule has 7 nitrogen and oxygen atoms in total. The molecule has 3 heterocycles. The number of hydrogen-bond donors (Lipinski definition) is 0. The third-order valence-electron chi connectivity index (χ3n) is 6.34. The van der Waals surface area contributed by atoms with Crippen molar-refractivity contribution in [1.82, 2.24) is 19.6 Å². The number of methoxy groups -OCH3 is 1. The van der Waals surface area contributed by atoms with Crippen LogP contribution in [0.1, 0.15) is 22.6 Å². The summed E-state index contributed by atoms with van der Waals surface area (Å²) < 4.78 is 7.34. The van der Waals surface area contributed by atoms with E-state index in [1.165, 1.54) is 0 Å². The third-order valence-corrected chi connectivity index (χ3v) is 7.22. The van der Waals surface area contributed by atoms with Gasteiger partial charge in [-0.25, -0.2) is 4.68 Å². The molecule has 1 aromatic carbocycles. The molecule has 0 bridgehead atoms. The number of rotatable bonds is 10. The fourth-order valence-electron chi connectivity index (χ4n) is 4.38. The fourth-order valence-corrected chi connectivity index (χ4v) is 5.08. The number of likely N-dealkylation sites (N-methyl/N-ethyl adjacent to an activating group) is 1. The molecule has 1 aliphatic rings. The van der Waals surface area contributed by atoms with Gasteiger partial charge >= 0.3 is 0 Å². The average molecular weight is 482 g/mol. The van der Waals surface area contributed by atoms with Crippen LogP contribution in [-0.2, 0) is 22.5 Å². The van der Waals surface area contributed by atoms with Crippen molar-refractivity contribution in [3.8, 4) is 5.69 Å². The van der Waals surface area contributed by atoms with Gasteiger partial charge < -0.3 is 19.4 Å². The summed E-state index contributed by atoms with van der Waals surface area (Å²) in [5, 5.41) is 6.99. The van der Waals surface area contributed by atoms with Crippen LogP contribution in [-0.4, -0.2) is 79.0 Å². The maximum absolute atomic E-state index is 13.4. The van der Waals surface area contributed by atoms with Gasteiger partial charge in [-0.1, -0.05) is 24.3 Å². The number of amides is 1. The Hall–Kier alpha value is -2.68. The first kappa shape index (κ1) is 24.4. The molecule has 182 valence electrons. The van der Waals surface area contributed by atoms with Crippen molar-refractivity contribution in [3.05, 3.63) is 64.0 Å². The van der Waals surface area contributed by atoms with Crippen molar-refractivity contribution in [1.29, 1.82) is 0 Å². The van der Waals surface area contributed by atoms with E-state index in [-0.39, 0.29) is 5.91 Å². The Kier molecular flexibility index (Phi) is 8.37. The molecular formula is C26H35N5O2S. The number of aryl methyl sites for hydroxylation is 1. The molecule has 0 N–H and O–H groups in total. The summed E-state index contributed by atoms with van der Waals surface area (Å²) >= 11 is 1.63. The molecular weight excluding hydrogens is 446 g/mol. The van der Waals surface area contributed by atoms with E-state index in [0.29, 0.717) is 26.1 Å². The number of piperazine rings is 1. The van der Waals surface area contributed by atoms with Gasteiger partial charge in [-0.05, 0) is 44.0 Å². The highest BCUT2D eigenvalue weighted by Crippen LogP contribution is 2.30. The normalized spacial score (nSPS) is 14.5. The molecule has 0 unspecified atom stereocenters. The Morgan fingerprint density at radius 1 is 1.12 bits per heavy atom. The summed E-state index contributed by atoms with van der Waals surface area (Å²) in [5.74, 6) is 1.26. The molecule has 0 atom stereocenters. The largest absolute Gasteiger partial charge is 0.385 e. The monoisotopic (exact) mass is 481 g/mol. The summed E-state index contributed by atoms with van der Waals surface area (Å²) in [5.41, 5.74) is 3.14. The van der Waals surface area contributed by atoms with Crippen LogP contribution in [0.4, 0.5) is 5.82 Å². The first-order chi connectivity index (χ1) is 16.6. The zero-order valence-corrected chi connectivity index (χ0v) is 21.3. The van der Waals surface area contributed by atoms with Crippen LogP contribution in [0, 0.1) is 6.92 Å². The molecule has 2 aromatic heterocycles. The Balaban J connectivity index is 1.67. The Morgan fingerprint density at radius 3 is 2.56 bits per heavy atom. The predicted octanol–water partition coefficient (Wildman–Crippen LogP) is 3.60. The highest BCUT2D eigenvalue weighted by atomic mass is 32.1. The topological polar surface area (TPSA) is 53.8 Å². The molecule has 34 heavy (non-hydrogen) atoms. The molecule has 0 radical (unpaired) electrons. The quantitative estimate of drug-likeness (QED) is 0.414. The minimum Gasteiger partial charge on any atom is -0.385 e. The molecule has 0 saturated carbocycles. The molecule has 0 aliphatic carbocycles. The second kappa shape index (κ2) is 11.6. The van der Waals surface area contributed by atoms with Crippen LogP contribution in [0.15, 0.2) is 47.8 Å². The lowest BCUT2D eigenvalue weighted by molar-refractivity contribution is -0.131. The smallest absolute Gasteiger partial charge is 0.228 e. The highest BCUT2D eigenvalue weighted by molar-refractivity contribution is 7.10. The molecule has 1 aliphatic heterocycles. The molecule has 1 saturated heterocycles. The average Bonchev–Trinajstić information content (AvgIpc) is 3.47. The first-order valence-electron chi connectivity index (χ1n) is 11.9. The van der Waals surface area contributed by atoms with E-state index in [9.17, 15) is 4.79 Å². The second-order valence-corrected chi connectivity index (χ2v) is 9.88. The Morgan fingerprint density at radius 2 is 1.88 bits per heavy atom. The molecule has 0 spiro atoms. The van der Waals surface area contributed by atoms with Crippen molar-refractivity contribution in [2.45, 2.75) is 26.3 Å². The number of aromatic nitrogens is 2. The van der Waals surface area contributed by atoms with Crippen molar-refractivity contribution in [2.75, 3.05) is 58.4 Å². The number of hydrogen-bond acceptors (Lipinski definition) is 6. The first-order valence-corrected chi connectivity index (χ1v) is 12.8. The number of para-hydroxylation sites is 1. The van der Waals surface area contributed by atoms with Crippen molar-refractivity contribution >= 4 is 23.1 Å². The number of nitrogens with zero attached hydrogens (tertiary/aromatic N) is 5. The summed E-state index contributed by atoms with van der Waals surface area (Å²) in [6.07, 6.45) is 1.24. The van der Waals surface area contributed by atoms with Crippen LogP contribution < -0.4 is 4.90 Å². The number of carbonyl (C=O) groups excluding carboxylic acids is 1. The SMILES string of the molecule is COCCCN(Cc1c(C)nn(-c2ccccc2)c1N1CCN(C)CC1)C(=O)Cc1cccs1. The zero-order chi connectivity index (χ0) is 23.9. The van der Waals surface area contributed by atoms with Gasteiger partial charge in [0.15, 0.2) is 0 Å². The van der Waals surface area contributed by atoms with Crippen LogP contribution in [0.25, 0.3) is 5.69 Å². The van der Waals surface area contributed by atoms with Gasteiger partial charge in [-0.15, -0.1) is 11.3 Å². The lowest BCUT2D eigenvalue weighted by Crippen LogP contribution is -2.45. The van der Waals surface area contributed by atoms with Crippen LogP contribution in [0.3, 0.4) is 0 Å². The standard InChI is InChI=1S/C26H35N5O2S/c1-21-24(20-30(12-8-17-33-3)25(32)19-23-11-7-18-34-23)26(29-15-13-28(2)14-16-29)31(27-21)22-9-5-4-6-10-22/h4-7,9-11,18H,8,12-17,19-20H2,1-3H3. The van der Waals surface area contributed by atoms with Gasteiger partial charge in [-0.2, -0.15) is 5.10 Å². The Labute approximate surface area is 206 Å². The van der Waals surface area contributed by atoms with Gasteiger partial charge in [-0.3, -0.25) is 4.79 Å². The van der Waals surface area contributed by atoms with E-state index in [4.69, 9.17) is 9.84 Å². The molecule has 1 fully saturated rings. The zero-order valence-electron chi connectivity index (χ0n) is 20.4. The summed E-state index contributed by atoms with van der Waals surface area (Å²) in [6.45, 7) is 7.80. The van der Waals surface area contributed by atoms with E-state index < -0.39 is 0 Å². The maximum Gasteiger partial charge on any atom is 0.228 e. The molecule has 3 aromatic rings. The van der Waals surface area contributed by atoms with Crippen LogP contribution in [0.5, 0.6) is 0 Å². The van der Waals surface area contributed by atoms with E-state index in [1.54, 1.807) is 18.4 Å². The number of carbonyl (C=O) groups is 1.